The Hall–Kier alpha value is -1.30. The van der Waals surface area contributed by atoms with Gasteiger partial charge in [0.05, 0.1) is 12.1 Å². The van der Waals surface area contributed by atoms with Crippen LogP contribution in [0.4, 0.5) is 0 Å². The lowest BCUT2D eigenvalue weighted by Crippen LogP contribution is -2.11. The minimum absolute atomic E-state index is 0.188. The van der Waals surface area contributed by atoms with E-state index >= 15 is 0 Å². The van der Waals surface area contributed by atoms with Gasteiger partial charge in [0, 0.05) is 13.5 Å². The Morgan fingerprint density at radius 2 is 2.00 bits per heavy atom. The molecule has 2 N–H and O–H groups in total. The predicted octanol–water partition coefficient (Wildman–Crippen LogP) is 2.55. The van der Waals surface area contributed by atoms with E-state index in [1.165, 1.54) is 0 Å². The summed E-state index contributed by atoms with van der Waals surface area (Å²) in [5, 5.41) is 10.3. The van der Waals surface area contributed by atoms with Crippen LogP contribution in [0.5, 0.6) is 0 Å². The second kappa shape index (κ2) is 6.75. The fourth-order valence-electron chi connectivity index (χ4n) is 1.74. The van der Waals surface area contributed by atoms with Gasteiger partial charge < -0.3 is 10.5 Å². The number of nitrogens with zero attached hydrogens (tertiary/aromatic N) is 2. The first-order valence-corrected chi connectivity index (χ1v) is 7.18. The van der Waals surface area contributed by atoms with Crippen LogP contribution in [0.25, 0.3) is 0 Å². The molecule has 19 heavy (non-hydrogen) atoms. The van der Waals surface area contributed by atoms with Crippen molar-refractivity contribution in [3.63, 3.8) is 0 Å². The van der Waals surface area contributed by atoms with Crippen molar-refractivity contribution >= 4 is 11.3 Å². The summed E-state index contributed by atoms with van der Waals surface area (Å²) < 4.78 is 5.23. The summed E-state index contributed by atoms with van der Waals surface area (Å²) >= 11 is 1.59. The van der Waals surface area contributed by atoms with Gasteiger partial charge in [-0.1, -0.05) is 41.7 Å². The van der Waals surface area contributed by atoms with E-state index < -0.39 is 0 Å². The molecule has 5 heteroatoms. The standard InChI is InChI=1S/C14H19N3OS/c1-10(18-2)8-9-12-16-17-14(19-12)13(15)11-6-4-3-5-7-11/h3-7,10,13H,8-9,15H2,1-2H3. The van der Waals surface area contributed by atoms with Gasteiger partial charge in [0.15, 0.2) is 0 Å². The van der Waals surface area contributed by atoms with Crippen LogP contribution in [0, 0.1) is 0 Å². The molecule has 1 aromatic carbocycles. The molecule has 102 valence electrons. The minimum atomic E-state index is -0.188. The van der Waals surface area contributed by atoms with Crippen molar-refractivity contribution in [2.45, 2.75) is 31.9 Å². The molecule has 1 heterocycles. The average Bonchev–Trinajstić information content (AvgIpc) is 2.93. The molecular formula is C14H19N3OS. The van der Waals surface area contributed by atoms with Crippen molar-refractivity contribution in [3.8, 4) is 0 Å². The lowest BCUT2D eigenvalue weighted by atomic mass is 10.1. The van der Waals surface area contributed by atoms with Crippen molar-refractivity contribution in [2.75, 3.05) is 7.11 Å². The third kappa shape index (κ3) is 3.83. The van der Waals surface area contributed by atoms with Crippen LogP contribution in [0.2, 0.25) is 0 Å². The Kier molecular flexibility index (Phi) is 5.01. The lowest BCUT2D eigenvalue weighted by Gasteiger charge is -2.07. The first-order chi connectivity index (χ1) is 9.20. The summed E-state index contributed by atoms with van der Waals surface area (Å²) in [6.07, 6.45) is 2.08. The van der Waals surface area contributed by atoms with E-state index in [0.29, 0.717) is 0 Å². The number of aromatic nitrogens is 2. The van der Waals surface area contributed by atoms with Crippen LogP contribution in [0.15, 0.2) is 30.3 Å². The van der Waals surface area contributed by atoms with E-state index in [-0.39, 0.29) is 12.1 Å². The molecule has 2 aromatic rings. The van der Waals surface area contributed by atoms with Gasteiger partial charge in [-0.05, 0) is 18.9 Å². The topological polar surface area (TPSA) is 61.0 Å². The molecule has 2 unspecified atom stereocenters. The average molecular weight is 277 g/mol. The van der Waals surface area contributed by atoms with Gasteiger partial charge in [0.2, 0.25) is 0 Å². The van der Waals surface area contributed by atoms with Gasteiger partial charge in [-0.3, -0.25) is 0 Å². The van der Waals surface area contributed by atoms with Crippen molar-refractivity contribution in [1.82, 2.24) is 10.2 Å². The van der Waals surface area contributed by atoms with Gasteiger partial charge in [0.25, 0.3) is 0 Å². The van der Waals surface area contributed by atoms with E-state index in [4.69, 9.17) is 10.5 Å². The number of rotatable bonds is 6. The number of benzene rings is 1. The molecule has 0 aliphatic rings. The molecule has 2 rings (SSSR count). The van der Waals surface area contributed by atoms with Gasteiger partial charge in [0.1, 0.15) is 10.0 Å². The van der Waals surface area contributed by atoms with Crippen LogP contribution in [-0.4, -0.2) is 23.4 Å². The van der Waals surface area contributed by atoms with Crippen LogP contribution < -0.4 is 5.73 Å². The highest BCUT2D eigenvalue weighted by atomic mass is 32.1. The first-order valence-electron chi connectivity index (χ1n) is 6.36. The fraction of sp³-hybridized carbons (Fsp3) is 0.429. The molecule has 4 nitrogen and oxygen atoms in total. The zero-order chi connectivity index (χ0) is 13.7. The maximum atomic E-state index is 6.19. The Bertz CT molecular complexity index is 500. The number of hydrogen-bond donors (Lipinski definition) is 1. The van der Waals surface area contributed by atoms with Crippen molar-refractivity contribution < 1.29 is 4.74 Å². The SMILES string of the molecule is COC(C)CCc1nnc(C(N)c2ccccc2)s1. The summed E-state index contributed by atoms with van der Waals surface area (Å²) in [7, 11) is 1.72. The molecule has 0 aliphatic heterocycles. The molecule has 1 aromatic heterocycles. The molecule has 0 fully saturated rings. The minimum Gasteiger partial charge on any atom is -0.382 e. The highest BCUT2D eigenvalue weighted by Gasteiger charge is 2.14. The molecule has 0 aliphatic carbocycles. The van der Waals surface area contributed by atoms with E-state index in [9.17, 15) is 0 Å². The molecule has 0 saturated heterocycles. The summed E-state index contributed by atoms with van der Waals surface area (Å²) in [4.78, 5) is 0. The van der Waals surface area contributed by atoms with E-state index in [0.717, 1.165) is 28.4 Å². The van der Waals surface area contributed by atoms with Gasteiger partial charge >= 0.3 is 0 Å². The smallest absolute Gasteiger partial charge is 0.138 e. The third-order valence-electron chi connectivity index (χ3n) is 3.07. The number of ether oxygens (including phenoxy) is 1. The third-order valence-corrected chi connectivity index (χ3v) is 4.14. The largest absolute Gasteiger partial charge is 0.382 e. The number of methoxy groups -OCH3 is 1. The molecule has 0 amide bonds. The Morgan fingerprint density at radius 1 is 1.26 bits per heavy atom. The zero-order valence-corrected chi connectivity index (χ0v) is 12.1. The molecule has 0 bridgehead atoms. The zero-order valence-electron chi connectivity index (χ0n) is 11.2. The van der Waals surface area contributed by atoms with Crippen molar-refractivity contribution in [1.29, 1.82) is 0 Å². The second-order valence-corrected chi connectivity index (χ2v) is 5.60. The van der Waals surface area contributed by atoms with Crippen LogP contribution in [0.1, 0.15) is 35.0 Å². The van der Waals surface area contributed by atoms with Crippen LogP contribution in [0.3, 0.4) is 0 Å². The molecule has 0 spiro atoms. The van der Waals surface area contributed by atoms with Crippen molar-refractivity contribution in [3.05, 3.63) is 45.9 Å². The second-order valence-electron chi connectivity index (χ2n) is 4.51. The molecular weight excluding hydrogens is 258 g/mol. The highest BCUT2D eigenvalue weighted by molar-refractivity contribution is 7.11. The Balaban J connectivity index is 2.01. The van der Waals surface area contributed by atoms with Gasteiger partial charge in [-0.2, -0.15) is 0 Å². The summed E-state index contributed by atoms with van der Waals surface area (Å²) in [5.41, 5.74) is 7.26. The summed E-state index contributed by atoms with van der Waals surface area (Å²) in [6, 6.07) is 9.78. The van der Waals surface area contributed by atoms with Crippen LogP contribution in [-0.2, 0) is 11.2 Å². The summed E-state index contributed by atoms with van der Waals surface area (Å²) in [5.74, 6) is 0. The molecule has 0 saturated carbocycles. The van der Waals surface area contributed by atoms with Crippen molar-refractivity contribution in [2.24, 2.45) is 5.73 Å². The molecule has 0 radical (unpaired) electrons. The lowest BCUT2D eigenvalue weighted by molar-refractivity contribution is 0.111. The predicted molar refractivity (Wildman–Crippen MR) is 77.2 cm³/mol. The van der Waals surface area contributed by atoms with E-state index in [1.54, 1.807) is 18.4 Å². The highest BCUT2D eigenvalue weighted by Crippen LogP contribution is 2.23. The van der Waals surface area contributed by atoms with Gasteiger partial charge in [-0.25, -0.2) is 0 Å². The quantitative estimate of drug-likeness (QED) is 0.881. The monoisotopic (exact) mass is 277 g/mol. The van der Waals surface area contributed by atoms with E-state index in [1.807, 2.05) is 30.3 Å². The Morgan fingerprint density at radius 3 is 2.68 bits per heavy atom. The maximum Gasteiger partial charge on any atom is 0.138 e. The summed E-state index contributed by atoms with van der Waals surface area (Å²) in [6.45, 7) is 2.05. The van der Waals surface area contributed by atoms with E-state index in [2.05, 4.69) is 17.1 Å². The maximum absolute atomic E-state index is 6.19. The number of aryl methyl sites for hydroxylation is 1. The van der Waals surface area contributed by atoms with Gasteiger partial charge in [-0.15, -0.1) is 10.2 Å². The molecule has 2 atom stereocenters. The fourth-order valence-corrected chi connectivity index (χ4v) is 2.63. The number of hydrogen-bond acceptors (Lipinski definition) is 5. The Labute approximate surface area is 117 Å². The first kappa shape index (κ1) is 14.1. The van der Waals surface area contributed by atoms with Crippen LogP contribution >= 0.6 is 11.3 Å². The normalized spacial score (nSPS) is 14.3. The number of nitrogens with two attached hydrogens (primary N) is 1.